The molecule has 2 aliphatic rings. The molecule has 228 valence electrons. The molecule has 1 aliphatic carbocycles. The van der Waals surface area contributed by atoms with Gasteiger partial charge in [0.05, 0.1) is 18.9 Å². The van der Waals surface area contributed by atoms with E-state index in [2.05, 4.69) is 46.6 Å². The highest BCUT2D eigenvalue weighted by atomic mass is 16.5. The van der Waals surface area contributed by atoms with Gasteiger partial charge in [-0.05, 0) is 73.4 Å². The van der Waals surface area contributed by atoms with E-state index >= 15 is 0 Å². The second-order valence-electron chi connectivity index (χ2n) is 10.9. The maximum atomic E-state index is 11.5. The van der Waals surface area contributed by atoms with Crippen LogP contribution in [-0.2, 0) is 38.6 Å². The summed E-state index contributed by atoms with van der Waals surface area (Å²) in [5, 5.41) is 19.6. The number of nitrogens with zero attached hydrogens (tertiary/aromatic N) is 2. The number of methoxy groups -OCH3 is 2. The molecule has 3 N–H and O–H groups in total. The Morgan fingerprint density at radius 3 is 2.58 bits per heavy atom. The van der Waals surface area contributed by atoms with Crippen molar-refractivity contribution in [3.63, 3.8) is 0 Å². The number of hydrogen-bond donors (Lipinski definition) is 3. The van der Waals surface area contributed by atoms with Gasteiger partial charge in [-0.1, -0.05) is 43.5 Å². The first-order chi connectivity index (χ1) is 20.8. The topological polar surface area (TPSA) is 117 Å². The molecule has 0 bridgehead atoms. The number of aliphatic carboxylic acids is 1. The van der Waals surface area contributed by atoms with Gasteiger partial charge in [-0.2, -0.15) is 0 Å². The molecule has 43 heavy (non-hydrogen) atoms. The van der Waals surface area contributed by atoms with Crippen molar-refractivity contribution in [1.82, 2.24) is 9.88 Å². The number of benzene rings is 1. The van der Waals surface area contributed by atoms with Gasteiger partial charge in [0.1, 0.15) is 23.8 Å². The lowest BCUT2D eigenvalue weighted by atomic mass is 9.89. The fourth-order valence-corrected chi connectivity index (χ4v) is 5.80. The molecule has 0 amide bonds. The predicted octanol–water partition coefficient (Wildman–Crippen LogP) is 6.09. The Balaban J connectivity index is 1.49. The molecule has 1 saturated carbocycles. The van der Waals surface area contributed by atoms with Crippen molar-refractivity contribution >= 4 is 23.6 Å². The van der Waals surface area contributed by atoms with Gasteiger partial charge in [-0.15, -0.1) is 0 Å². The molecule has 9 heteroatoms. The number of anilines is 1. The number of pyridine rings is 1. The van der Waals surface area contributed by atoms with Crippen LogP contribution < -0.4 is 5.32 Å². The van der Waals surface area contributed by atoms with Gasteiger partial charge in [-0.25, -0.2) is 9.78 Å². The van der Waals surface area contributed by atoms with Crippen LogP contribution in [0.2, 0.25) is 0 Å². The monoisotopic (exact) mass is 586 g/mol. The lowest BCUT2D eigenvalue weighted by Crippen LogP contribution is -2.42. The lowest BCUT2D eigenvalue weighted by molar-refractivity contribution is -0.132. The van der Waals surface area contributed by atoms with E-state index in [4.69, 9.17) is 19.6 Å². The molecule has 0 radical (unpaired) electrons. The van der Waals surface area contributed by atoms with Crippen LogP contribution >= 0.6 is 0 Å². The van der Waals surface area contributed by atoms with Gasteiger partial charge in [0.15, 0.2) is 0 Å². The second-order valence-corrected chi connectivity index (χ2v) is 10.9. The molecule has 1 fully saturated rings. The highest BCUT2D eigenvalue weighted by Crippen LogP contribution is 2.31. The SMILES string of the molecule is C=C/C(=C(/OCc1ccc2c(c1)CCN(C1CCC(OC)CC1)C2)C(=C)C)c1cccc(N/C(OC)=C(\C=N)C(=O)O)n1. The van der Waals surface area contributed by atoms with Crippen LogP contribution in [0.1, 0.15) is 55.0 Å². The molecule has 2 aromatic rings. The Kier molecular flexibility index (Phi) is 10.9. The molecule has 1 aliphatic heterocycles. The van der Waals surface area contributed by atoms with E-state index in [9.17, 15) is 9.90 Å². The Morgan fingerprint density at radius 1 is 1.19 bits per heavy atom. The lowest BCUT2D eigenvalue weighted by Gasteiger charge is -2.39. The third-order valence-corrected chi connectivity index (χ3v) is 8.12. The van der Waals surface area contributed by atoms with Crippen molar-refractivity contribution in [3.05, 3.63) is 101 Å². The summed E-state index contributed by atoms with van der Waals surface area (Å²) in [6.07, 6.45) is 8.51. The van der Waals surface area contributed by atoms with Crippen molar-refractivity contribution in [2.75, 3.05) is 26.1 Å². The predicted molar refractivity (Wildman–Crippen MR) is 169 cm³/mol. The van der Waals surface area contributed by atoms with Crippen LogP contribution in [0.3, 0.4) is 0 Å². The van der Waals surface area contributed by atoms with Gasteiger partial charge in [-0.3, -0.25) is 4.90 Å². The zero-order valence-electron chi connectivity index (χ0n) is 25.3. The van der Waals surface area contributed by atoms with Crippen LogP contribution in [0, 0.1) is 5.41 Å². The number of nitrogens with one attached hydrogen (secondary N) is 2. The van der Waals surface area contributed by atoms with Gasteiger partial charge in [0.2, 0.25) is 5.88 Å². The van der Waals surface area contributed by atoms with Gasteiger partial charge < -0.3 is 30.0 Å². The van der Waals surface area contributed by atoms with E-state index in [-0.39, 0.29) is 11.5 Å². The van der Waals surface area contributed by atoms with Crippen molar-refractivity contribution < 1.29 is 24.1 Å². The Hall–Kier alpha value is -4.21. The minimum atomic E-state index is -1.29. The minimum absolute atomic E-state index is 0.0957. The summed E-state index contributed by atoms with van der Waals surface area (Å²) >= 11 is 0. The average molecular weight is 587 g/mol. The summed E-state index contributed by atoms with van der Waals surface area (Å²) in [7, 11) is 3.15. The highest BCUT2D eigenvalue weighted by Gasteiger charge is 2.28. The maximum absolute atomic E-state index is 11.5. The Morgan fingerprint density at radius 2 is 1.95 bits per heavy atom. The second kappa shape index (κ2) is 14.8. The average Bonchev–Trinajstić information content (AvgIpc) is 3.02. The first kappa shape index (κ1) is 31.7. The fourth-order valence-electron chi connectivity index (χ4n) is 5.80. The van der Waals surface area contributed by atoms with E-state index < -0.39 is 5.97 Å². The summed E-state index contributed by atoms with van der Waals surface area (Å²) in [6.45, 7) is 12.4. The molecular weight excluding hydrogens is 544 g/mol. The zero-order chi connectivity index (χ0) is 30.9. The smallest absolute Gasteiger partial charge is 0.342 e. The number of aromatic nitrogens is 1. The normalized spacial score (nSPS) is 19.7. The number of fused-ring (bicyclic) bond motifs is 1. The molecule has 0 unspecified atom stereocenters. The van der Waals surface area contributed by atoms with Crippen LogP contribution in [0.5, 0.6) is 0 Å². The molecule has 1 aromatic heterocycles. The number of hydrogen-bond acceptors (Lipinski definition) is 8. The van der Waals surface area contributed by atoms with E-state index in [1.54, 1.807) is 18.2 Å². The first-order valence-electron chi connectivity index (χ1n) is 14.6. The quantitative estimate of drug-likeness (QED) is 0.112. The Labute approximate surface area is 254 Å². The molecule has 4 rings (SSSR count). The van der Waals surface area contributed by atoms with Gasteiger partial charge in [0, 0.05) is 38.0 Å². The maximum Gasteiger partial charge on any atom is 0.342 e. The third kappa shape index (κ3) is 7.80. The number of carbonyl (C=O) groups is 1. The van der Waals surface area contributed by atoms with Crippen LogP contribution in [-0.4, -0.2) is 60.1 Å². The highest BCUT2D eigenvalue weighted by molar-refractivity contribution is 6.08. The minimum Gasteiger partial charge on any atom is -0.488 e. The first-order valence-corrected chi connectivity index (χ1v) is 14.6. The van der Waals surface area contributed by atoms with E-state index in [0.29, 0.717) is 47.8 Å². The largest absolute Gasteiger partial charge is 0.488 e. The van der Waals surface area contributed by atoms with Crippen molar-refractivity contribution in [3.8, 4) is 0 Å². The van der Waals surface area contributed by atoms with Gasteiger partial charge >= 0.3 is 5.97 Å². The number of carboxylic acids is 1. The van der Waals surface area contributed by atoms with Crippen LogP contribution in [0.15, 0.2) is 78.4 Å². The molecule has 0 atom stereocenters. The van der Waals surface area contributed by atoms with Crippen molar-refractivity contribution in [2.45, 2.75) is 64.3 Å². The summed E-state index contributed by atoms with van der Waals surface area (Å²) in [5.74, 6) is -0.472. The number of rotatable bonds is 13. The van der Waals surface area contributed by atoms with E-state index in [0.717, 1.165) is 43.5 Å². The number of ether oxygens (including phenoxy) is 3. The molecule has 2 heterocycles. The molecule has 0 spiro atoms. The Bertz CT molecular complexity index is 1420. The van der Waals surface area contributed by atoms with Crippen molar-refractivity contribution in [2.24, 2.45) is 0 Å². The summed E-state index contributed by atoms with van der Waals surface area (Å²) in [6, 6.07) is 12.5. The third-order valence-electron chi connectivity index (χ3n) is 8.12. The van der Waals surface area contributed by atoms with E-state index in [1.807, 2.05) is 20.1 Å². The number of allylic oxidation sites excluding steroid dienone is 3. The summed E-state index contributed by atoms with van der Waals surface area (Å²) < 4.78 is 17.1. The number of carboxylic acid groups (broad SMARTS) is 1. The molecular formula is C34H42N4O5. The molecule has 1 aromatic carbocycles. The summed E-state index contributed by atoms with van der Waals surface area (Å²) in [5.41, 5.74) is 5.46. The fraction of sp³-hybridized carbons (Fsp3) is 0.382. The van der Waals surface area contributed by atoms with Crippen LogP contribution in [0.25, 0.3) is 5.57 Å². The zero-order valence-corrected chi connectivity index (χ0v) is 25.3. The molecule has 0 saturated heterocycles. The molecule has 9 nitrogen and oxygen atoms in total. The van der Waals surface area contributed by atoms with E-state index in [1.165, 1.54) is 31.1 Å². The van der Waals surface area contributed by atoms with Crippen LogP contribution in [0.4, 0.5) is 5.82 Å². The van der Waals surface area contributed by atoms with Crippen molar-refractivity contribution in [1.29, 1.82) is 5.41 Å². The van der Waals surface area contributed by atoms with Gasteiger partial charge in [0.25, 0.3) is 0 Å². The standard InChI is InChI=1S/C34H42N4O5/c1-6-28(30-8-7-9-31(36-30)37-33(42-5)29(19-35)34(39)40)32(22(2)3)43-21-23-10-11-25-20-38(17-16-24(25)18-23)26-12-14-27(41-4)15-13-26/h6-11,18-19,26-27,35H,1-2,12-17,20-21H2,3-5H3,(H,36,37)(H,39,40)/b32-28-,33-29-,35-19?. The summed E-state index contributed by atoms with van der Waals surface area (Å²) in [4.78, 5) is 18.7.